The highest BCUT2D eigenvalue weighted by Gasteiger charge is 2.23. The Morgan fingerprint density at radius 1 is 1.14 bits per heavy atom. The van der Waals surface area contributed by atoms with Crippen LogP contribution in [0, 0.1) is 5.92 Å². The molecule has 2 rings (SSSR count). The van der Waals surface area contributed by atoms with Crippen LogP contribution in [0.1, 0.15) is 32.6 Å². The standard InChI is InChI=1S/C11H22N2O/c1-10-4-2-3-5-11(10)12-13-6-8-14-9-7-13/h10-12H,2-9H2,1H3. The van der Waals surface area contributed by atoms with E-state index in [9.17, 15) is 0 Å². The third kappa shape index (κ3) is 2.69. The first kappa shape index (κ1) is 10.4. The van der Waals surface area contributed by atoms with Gasteiger partial charge in [0.1, 0.15) is 0 Å². The minimum atomic E-state index is 0.710. The van der Waals surface area contributed by atoms with E-state index >= 15 is 0 Å². The Morgan fingerprint density at radius 2 is 1.86 bits per heavy atom. The van der Waals surface area contributed by atoms with E-state index < -0.39 is 0 Å². The molecule has 0 amide bonds. The van der Waals surface area contributed by atoms with Crippen LogP contribution < -0.4 is 5.43 Å². The summed E-state index contributed by atoms with van der Waals surface area (Å²) in [6.07, 6.45) is 5.55. The molecule has 1 heterocycles. The lowest BCUT2D eigenvalue weighted by atomic mass is 9.86. The van der Waals surface area contributed by atoms with E-state index in [1.165, 1.54) is 25.7 Å². The normalized spacial score (nSPS) is 35.8. The molecular weight excluding hydrogens is 176 g/mol. The van der Waals surface area contributed by atoms with Crippen LogP contribution in [-0.2, 0) is 4.74 Å². The second-order valence-electron chi connectivity index (χ2n) is 4.60. The molecule has 2 atom stereocenters. The maximum atomic E-state index is 5.33. The van der Waals surface area contributed by atoms with E-state index in [2.05, 4.69) is 17.4 Å². The first-order chi connectivity index (χ1) is 6.86. The number of rotatable bonds is 2. The zero-order valence-corrected chi connectivity index (χ0v) is 9.17. The molecule has 0 radical (unpaired) electrons. The van der Waals surface area contributed by atoms with Gasteiger partial charge in [-0.2, -0.15) is 0 Å². The Labute approximate surface area is 86.8 Å². The molecule has 1 N–H and O–H groups in total. The summed E-state index contributed by atoms with van der Waals surface area (Å²) in [6, 6.07) is 0.710. The lowest BCUT2D eigenvalue weighted by Crippen LogP contribution is -2.52. The van der Waals surface area contributed by atoms with Gasteiger partial charge in [0, 0.05) is 19.1 Å². The number of morpholine rings is 1. The summed E-state index contributed by atoms with van der Waals surface area (Å²) in [7, 11) is 0. The number of hydrazine groups is 1. The monoisotopic (exact) mass is 198 g/mol. The second-order valence-corrected chi connectivity index (χ2v) is 4.60. The number of hydrogen-bond donors (Lipinski definition) is 1. The van der Waals surface area contributed by atoms with Gasteiger partial charge in [-0.25, -0.2) is 5.01 Å². The predicted molar refractivity (Wildman–Crippen MR) is 56.9 cm³/mol. The molecule has 1 aliphatic heterocycles. The molecule has 1 saturated carbocycles. The van der Waals surface area contributed by atoms with Gasteiger partial charge >= 0.3 is 0 Å². The maximum absolute atomic E-state index is 5.33. The Balaban J connectivity index is 1.76. The highest BCUT2D eigenvalue weighted by atomic mass is 16.5. The topological polar surface area (TPSA) is 24.5 Å². The van der Waals surface area contributed by atoms with Gasteiger partial charge in [0.2, 0.25) is 0 Å². The van der Waals surface area contributed by atoms with Gasteiger partial charge in [-0.05, 0) is 18.8 Å². The van der Waals surface area contributed by atoms with Crippen LogP contribution >= 0.6 is 0 Å². The second kappa shape index (κ2) is 5.10. The summed E-state index contributed by atoms with van der Waals surface area (Å²) in [5, 5.41) is 2.34. The van der Waals surface area contributed by atoms with Crippen molar-refractivity contribution in [1.82, 2.24) is 10.4 Å². The van der Waals surface area contributed by atoms with E-state index in [-0.39, 0.29) is 0 Å². The summed E-state index contributed by atoms with van der Waals surface area (Å²) >= 11 is 0. The average molecular weight is 198 g/mol. The first-order valence-electron chi connectivity index (χ1n) is 5.95. The highest BCUT2D eigenvalue weighted by Crippen LogP contribution is 2.23. The minimum Gasteiger partial charge on any atom is -0.379 e. The SMILES string of the molecule is CC1CCCCC1NN1CCOCC1. The number of nitrogens with one attached hydrogen (secondary N) is 1. The largest absolute Gasteiger partial charge is 0.379 e. The Bertz CT molecular complexity index is 169. The molecule has 2 unspecified atom stereocenters. The van der Waals surface area contributed by atoms with Crippen LogP contribution in [0.15, 0.2) is 0 Å². The van der Waals surface area contributed by atoms with Crippen LogP contribution in [-0.4, -0.2) is 37.4 Å². The number of nitrogens with zero attached hydrogens (tertiary/aromatic N) is 1. The molecule has 1 aliphatic carbocycles. The van der Waals surface area contributed by atoms with Crippen molar-refractivity contribution in [2.75, 3.05) is 26.3 Å². The fourth-order valence-corrected chi connectivity index (χ4v) is 2.44. The fraction of sp³-hybridized carbons (Fsp3) is 1.00. The van der Waals surface area contributed by atoms with Crippen molar-refractivity contribution in [2.24, 2.45) is 5.92 Å². The first-order valence-corrected chi connectivity index (χ1v) is 5.95. The van der Waals surface area contributed by atoms with Gasteiger partial charge in [-0.1, -0.05) is 19.8 Å². The van der Waals surface area contributed by atoms with Crippen molar-refractivity contribution in [3.05, 3.63) is 0 Å². The molecule has 2 aliphatic rings. The summed E-state index contributed by atoms with van der Waals surface area (Å²) in [4.78, 5) is 0. The summed E-state index contributed by atoms with van der Waals surface area (Å²) < 4.78 is 5.33. The van der Waals surface area contributed by atoms with Crippen molar-refractivity contribution in [1.29, 1.82) is 0 Å². The minimum absolute atomic E-state index is 0.710. The van der Waals surface area contributed by atoms with Crippen molar-refractivity contribution in [2.45, 2.75) is 38.6 Å². The molecule has 3 nitrogen and oxygen atoms in total. The molecule has 0 aromatic rings. The van der Waals surface area contributed by atoms with Crippen LogP contribution in [0.3, 0.4) is 0 Å². The Morgan fingerprint density at radius 3 is 2.57 bits per heavy atom. The third-order valence-corrected chi connectivity index (χ3v) is 3.47. The fourth-order valence-electron chi connectivity index (χ4n) is 2.44. The summed E-state index contributed by atoms with van der Waals surface area (Å²) in [5.41, 5.74) is 3.66. The zero-order valence-electron chi connectivity index (χ0n) is 9.17. The van der Waals surface area contributed by atoms with Gasteiger partial charge in [-0.15, -0.1) is 0 Å². The van der Waals surface area contributed by atoms with Crippen molar-refractivity contribution in [3.8, 4) is 0 Å². The predicted octanol–water partition coefficient (Wildman–Crippen LogP) is 1.40. The van der Waals surface area contributed by atoms with Crippen LogP contribution in [0.4, 0.5) is 0 Å². The Kier molecular flexibility index (Phi) is 3.79. The van der Waals surface area contributed by atoms with Crippen molar-refractivity contribution < 1.29 is 4.74 Å². The third-order valence-electron chi connectivity index (χ3n) is 3.47. The van der Waals surface area contributed by atoms with Gasteiger partial charge in [-0.3, -0.25) is 5.43 Å². The molecule has 82 valence electrons. The molecule has 0 aromatic carbocycles. The molecule has 3 heteroatoms. The number of ether oxygens (including phenoxy) is 1. The average Bonchev–Trinajstić information content (AvgIpc) is 2.23. The van der Waals surface area contributed by atoms with Crippen molar-refractivity contribution >= 4 is 0 Å². The molecule has 1 saturated heterocycles. The highest BCUT2D eigenvalue weighted by molar-refractivity contribution is 4.77. The summed E-state index contributed by atoms with van der Waals surface area (Å²) in [6.45, 7) is 6.23. The van der Waals surface area contributed by atoms with Crippen molar-refractivity contribution in [3.63, 3.8) is 0 Å². The van der Waals surface area contributed by atoms with E-state index in [1.54, 1.807) is 0 Å². The molecule has 0 spiro atoms. The lowest BCUT2D eigenvalue weighted by Gasteiger charge is -2.36. The van der Waals surface area contributed by atoms with Gasteiger partial charge in [0.25, 0.3) is 0 Å². The van der Waals surface area contributed by atoms with Gasteiger partial charge < -0.3 is 4.74 Å². The quantitative estimate of drug-likeness (QED) is 0.726. The molecule has 2 fully saturated rings. The molecule has 14 heavy (non-hydrogen) atoms. The Hall–Kier alpha value is -0.120. The van der Waals surface area contributed by atoms with Crippen LogP contribution in [0.5, 0.6) is 0 Å². The molecule has 0 aromatic heterocycles. The van der Waals surface area contributed by atoms with Crippen LogP contribution in [0.25, 0.3) is 0 Å². The lowest BCUT2D eigenvalue weighted by molar-refractivity contribution is -0.00520. The zero-order chi connectivity index (χ0) is 9.80. The van der Waals surface area contributed by atoms with E-state index in [1.807, 2.05) is 0 Å². The van der Waals surface area contributed by atoms with E-state index in [4.69, 9.17) is 4.74 Å². The van der Waals surface area contributed by atoms with Crippen LogP contribution in [0.2, 0.25) is 0 Å². The smallest absolute Gasteiger partial charge is 0.0608 e. The van der Waals surface area contributed by atoms with Gasteiger partial charge in [0.05, 0.1) is 13.2 Å². The summed E-state index contributed by atoms with van der Waals surface area (Å²) in [5.74, 6) is 0.839. The van der Waals surface area contributed by atoms with E-state index in [0.29, 0.717) is 6.04 Å². The van der Waals surface area contributed by atoms with Gasteiger partial charge in [0.15, 0.2) is 0 Å². The molecule has 0 bridgehead atoms. The number of hydrogen-bond acceptors (Lipinski definition) is 3. The molecular formula is C11H22N2O. The maximum Gasteiger partial charge on any atom is 0.0608 e. The van der Waals surface area contributed by atoms with E-state index in [0.717, 1.165) is 32.2 Å².